The van der Waals surface area contributed by atoms with Crippen molar-refractivity contribution >= 4 is 17.8 Å². The Bertz CT molecular complexity index is 744. The molecule has 4 fully saturated rings. The van der Waals surface area contributed by atoms with Crippen LogP contribution >= 0.6 is 0 Å². The highest BCUT2D eigenvalue weighted by Gasteiger charge is 2.61. The molecule has 1 aliphatic heterocycles. The molecule has 0 aromatic rings. The summed E-state index contributed by atoms with van der Waals surface area (Å²) in [5.74, 6) is 1.80. The van der Waals surface area contributed by atoms with E-state index in [2.05, 4.69) is 29.8 Å². The zero-order chi connectivity index (χ0) is 21.9. The van der Waals surface area contributed by atoms with Crippen LogP contribution in [0, 0.1) is 34.5 Å². The highest BCUT2D eigenvalue weighted by Crippen LogP contribution is 2.65. The molecule has 3 aliphatic carbocycles. The minimum atomic E-state index is -0.390. The van der Waals surface area contributed by atoms with Crippen molar-refractivity contribution in [3.63, 3.8) is 0 Å². The lowest BCUT2D eigenvalue weighted by molar-refractivity contribution is -0.141. The van der Waals surface area contributed by atoms with E-state index in [-0.39, 0.29) is 40.1 Å². The number of amides is 4. The lowest BCUT2D eigenvalue weighted by atomic mass is 9.47. The van der Waals surface area contributed by atoms with E-state index < -0.39 is 0 Å². The number of urea groups is 1. The van der Waals surface area contributed by atoms with E-state index in [1.54, 1.807) is 0 Å². The molecule has 3 N–H and O–H groups in total. The molecule has 0 aromatic carbocycles. The van der Waals surface area contributed by atoms with Crippen molar-refractivity contribution in [3.05, 3.63) is 0 Å². The molecular formula is C24H39N3O3. The molecule has 168 valence electrons. The number of rotatable bonds is 1. The molecule has 7 atom stereocenters. The van der Waals surface area contributed by atoms with Crippen LogP contribution in [0.5, 0.6) is 0 Å². The molecule has 0 bridgehead atoms. The fourth-order valence-electron chi connectivity index (χ4n) is 7.70. The van der Waals surface area contributed by atoms with E-state index in [9.17, 15) is 14.4 Å². The van der Waals surface area contributed by atoms with E-state index >= 15 is 0 Å². The van der Waals surface area contributed by atoms with Gasteiger partial charge in [0.15, 0.2) is 0 Å². The first-order valence-corrected chi connectivity index (χ1v) is 11.9. The number of fused-ring (bicyclic) bond motifs is 5. The van der Waals surface area contributed by atoms with Crippen LogP contribution in [-0.4, -0.2) is 29.4 Å². The van der Waals surface area contributed by atoms with Gasteiger partial charge in [-0.1, -0.05) is 13.8 Å². The maximum atomic E-state index is 13.1. The Balaban J connectivity index is 1.48. The van der Waals surface area contributed by atoms with Crippen molar-refractivity contribution < 1.29 is 14.4 Å². The lowest BCUT2D eigenvalue weighted by Gasteiger charge is -2.60. The quantitative estimate of drug-likeness (QED) is 0.607. The van der Waals surface area contributed by atoms with Crippen LogP contribution in [0.15, 0.2) is 0 Å². The van der Waals surface area contributed by atoms with Crippen molar-refractivity contribution in [2.24, 2.45) is 34.5 Å². The molecule has 3 saturated carbocycles. The van der Waals surface area contributed by atoms with E-state index in [1.807, 2.05) is 20.8 Å². The monoisotopic (exact) mass is 417 g/mol. The van der Waals surface area contributed by atoms with E-state index in [4.69, 9.17) is 0 Å². The van der Waals surface area contributed by atoms with Gasteiger partial charge < -0.3 is 10.6 Å². The Hall–Kier alpha value is -1.59. The van der Waals surface area contributed by atoms with Crippen LogP contribution < -0.4 is 16.0 Å². The second kappa shape index (κ2) is 7.23. The Labute approximate surface area is 180 Å². The Morgan fingerprint density at radius 3 is 2.37 bits per heavy atom. The second-order valence-corrected chi connectivity index (χ2v) is 11.9. The van der Waals surface area contributed by atoms with Crippen LogP contribution in [0.3, 0.4) is 0 Å². The van der Waals surface area contributed by atoms with Crippen LogP contribution in [0.25, 0.3) is 0 Å². The third-order valence-electron chi connectivity index (χ3n) is 9.14. The van der Waals surface area contributed by atoms with Gasteiger partial charge in [0.2, 0.25) is 11.8 Å². The largest absolute Gasteiger partial charge is 0.353 e. The number of carbonyl (C=O) groups is 3. The molecule has 4 rings (SSSR count). The molecular weight excluding hydrogens is 378 g/mol. The van der Waals surface area contributed by atoms with Gasteiger partial charge in [0.25, 0.3) is 0 Å². The Morgan fingerprint density at radius 1 is 0.967 bits per heavy atom. The van der Waals surface area contributed by atoms with Gasteiger partial charge in [-0.05, 0) is 94.3 Å². The lowest BCUT2D eigenvalue weighted by Crippen LogP contribution is -2.61. The van der Waals surface area contributed by atoms with Crippen LogP contribution in [0.4, 0.5) is 4.79 Å². The topological polar surface area (TPSA) is 87.3 Å². The molecule has 0 unspecified atom stereocenters. The second-order valence-electron chi connectivity index (χ2n) is 11.9. The van der Waals surface area contributed by atoms with Crippen LogP contribution in [-0.2, 0) is 9.59 Å². The molecule has 1 saturated heterocycles. The molecule has 4 aliphatic rings. The number of hydrogen-bond donors (Lipinski definition) is 3. The summed E-state index contributed by atoms with van der Waals surface area (Å²) in [6.45, 7) is 10.4. The summed E-state index contributed by atoms with van der Waals surface area (Å²) in [5.41, 5.74) is -0.215. The van der Waals surface area contributed by atoms with Gasteiger partial charge in [-0.3, -0.25) is 14.9 Å². The minimum absolute atomic E-state index is 0.0334. The molecule has 1 heterocycles. The number of carbonyl (C=O) groups excluding carboxylic acids is 3. The molecule has 6 nitrogen and oxygen atoms in total. The van der Waals surface area contributed by atoms with E-state index in [0.717, 1.165) is 44.9 Å². The normalized spacial score (nSPS) is 43.0. The molecule has 0 aromatic heterocycles. The first-order chi connectivity index (χ1) is 13.9. The predicted octanol–water partition coefficient (Wildman–Crippen LogP) is 3.75. The van der Waals surface area contributed by atoms with Gasteiger partial charge in [-0.2, -0.15) is 0 Å². The summed E-state index contributed by atoms with van der Waals surface area (Å²) >= 11 is 0. The summed E-state index contributed by atoms with van der Waals surface area (Å²) in [6, 6.07) is -0.0786. The Morgan fingerprint density at radius 2 is 1.67 bits per heavy atom. The zero-order valence-corrected chi connectivity index (χ0v) is 19.3. The van der Waals surface area contributed by atoms with Crippen LogP contribution in [0.2, 0.25) is 0 Å². The molecule has 6 heteroatoms. The highest BCUT2D eigenvalue weighted by atomic mass is 16.2. The predicted molar refractivity (Wildman–Crippen MR) is 115 cm³/mol. The maximum Gasteiger partial charge on any atom is 0.321 e. The zero-order valence-electron chi connectivity index (χ0n) is 19.3. The summed E-state index contributed by atoms with van der Waals surface area (Å²) in [6.07, 6.45) is 7.94. The number of piperidine rings is 1. The third-order valence-corrected chi connectivity index (χ3v) is 9.14. The number of nitrogens with one attached hydrogen (secondary N) is 3. The van der Waals surface area contributed by atoms with Crippen molar-refractivity contribution in [2.45, 2.75) is 97.6 Å². The first kappa shape index (κ1) is 21.6. The van der Waals surface area contributed by atoms with Crippen molar-refractivity contribution in [2.75, 3.05) is 0 Å². The average molecular weight is 418 g/mol. The maximum absolute atomic E-state index is 13.1. The summed E-state index contributed by atoms with van der Waals surface area (Å²) in [4.78, 5) is 37.3. The summed E-state index contributed by atoms with van der Waals surface area (Å²) in [5, 5.41) is 8.75. The average Bonchev–Trinajstić information content (AvgIpc) is 2.98. The van der Waals surface area contributed by atoms with E-state index in [0.29, 0.717) is 30.2 Å². The molecule has 0 radical (unpaired) electrons. The summed E-state index contributed by atoms with van der Waals surface area (Å²) in [7, 11) is 0. The van der Waals surface area contributed by atoms with Crippen molar-refractivity contribution in [3.8, 4) is 0 Å². The van der Waals surface area contributed by atoms with Crippen LogP contribution in [0.1, 0.15) is 86.0 Å². The molecule has 4 amide bonds. The van der Waals surface area contributed by atoms with Gasteiger partial charge >= 0.3 is 6.03 Å². The fraction of sp³-hybridized carbons (Fsp3) is 0.875. The van der Waals surface area contributed by atoms with Gasteiger partial charge in [0.1, 0.15) is 0 Å². The first-order valence-electron chi connectivity index (χ1n) is 11.9. The standard InChI is InChI=1S/C24H39N3O3/c1-22(2,3)27-21(30)26-20(29)17-8-7-15-14-6-9-18-24(5,13-11-19(28)25-18)16(14)10-12-23(15,17)4/h14-18H,6-13H2,1-5H3,(H,25,28)(H2,26,27,29,30)/t14-,15-,16-,17+,18+,23-,24+/m0/s1. The SMILES string of the molecule is CC(C)(C)NC(=O)NC(=O)[C@H]1CC[C@H]2[C@@H]3CC[C@H]4NC(=O)CC[C@]4(C)[C@H]3CC[C@]12C. The van der Waals surface area contributed by atoms with Gasteiger partial charge in [-0.15, -0.1) is 0 Å². The Kier molecular flexibility index (Phi) is 5.22. The number of imide groups is 1. The third kappa shape index (κ3) is 3.54. The smallest absolute Gasteiger partial charge is 0.321 e. The highest BCUT2D eigenvalue weighted by molar-refractivity contribution is 5.96. The van der Waals surface area contributed by atoms with E-state index in [1.165, 1.54) is 0 Å². The van der Waals surface area contributed by atoms with Gasteiger partial charge in [-0.25, -0.2) is 4.79 Å². The van der Waals surface area contributed by atoms with Crippen molar-refractivity contribution in [1.82, 2.24) is 16.0 Å². The van der Waals surface area contributed by atoms with Gasteiger partial charge in [0.05, 0.1) is 0 Å². The summed E-state index contributed by atoms with van der Waals surface area (Å²) < 4.78 is 0. The van der Waals surface area contributed by atoms with Crippen molar-refractivity contribution in [1.29, 1.82) is 0 Å². The number of hydrogen-bond acceptors (Lipinski definition) is 3. The van der Waals surface area contributed by atoms with Gasteiger partial charge in [0, 0.05) is 23.9 Å². The molecule has 0 spiro atoms. The fourth-order valence-corrected chi connectivity index (χ4v) is 7.70. The molecule has 30 heavy (non-hydrogen) atoms. The minimum Gasteiger partial charge on any atom is -0.353 e.